The minimum absolute atomic E-state index is 0.0292. The van der Waals surface area contributed by atoms with E-state index in [1.165, 1.54) is 0 Å². The summed E-state index contributed by atoms with van der Waals surface area (Å²) in [6, 6.07) is 0. The van der Waals surface area contributed by atoms with Crippen LogP contribution in [-0.2, 0) is 9.59 Å². The molecule has 2 aliphatic rings. The van der Waals surface area contributed by atoms with E-state index in [0.717, 1.165) is 109 Å². The molecule has 0 aromatic carbocycles. The molecule has 2 aliphatic heterocycles. The number of carboxylic acids is 2. The number of piperidine rings is 2. The van der Waals surface area contributed by atoms with Gasteiger partial charge in [-0.2, -0.15) is 0 Å². The molecule has 2 heterocycles. The summed E-state index contributed by atoms with van der Waals surface area (Å²) in [7, 11) is 0. The molecule has 2 rings (SSSR count). The molecule has 246 valence electrons. The van der Waals surface area contributed by atoms with Gasteiger partial charge in [-0.1, -0.05) is 81.1 Å². The molecule has 0 atom stereocenters. The Labute approximate surface area is 259 Å². The molecule has 0 bridgehead atoms. The molecule has 0 aromatic rings. The Morgan fingerprint density at radius 1 is 0.571 bits per heavy atom. The van der Waals surface area contributed by atoms with Gasteiger partial charge < -0.3 is 20.8 Å². The van der Waals surface area contributed by atoms with Crippen molar-refractivity contribution in [2.45, 2.75) is 200 Å². The van der Waals surface area contributed by atoms with Crippen molar-refractivity contribution in [2.75, 3.05) is 0 Å². The third-order valence-electron chi connectivity index (χ3n) is 12.9. The number of nitrogens with one attached hydrogen (secondary N) is 2. The van der Waals surface area contributed by atoms with E-state index in [9.17, 15) is 14.7 Å². The first kappa shape index (κ1) is 37.0. The summed E-state index contributed by atoms with van der Waals surface area (Å²) in [5.74, 6) is -1.03. The fourth-order valence-electron chi connectivity index (χ4n) is 9.37. The highest BCUT2D eigenvalue weighted by Crippen LogP contribution is 2.58. The molecule has 6 nitrogen and oxygen atoms in total. The highest BCUT2D eigenvalue weighted by molar-refractivity contribution is 5.76. The molecule has 0 amide bonds. The van der Waals surface area contributed by atoms with E-state index >= 15 is 0 Å². The zero-order valence-electron chi connectivity index (χ0n) is 28.8. The van der Waals surface area contributed by atoms with Crippen molar-refractivity contribution in [3.8, 4) is 0 Å². The predicted molar refractivity (Wildman–Crippen MR) is 175 cm³/mol. The second-order valence-corrected chi connectivity index (χ2v) is 14.4. The number of aliphatic carboxylic acids is 2. The lowest BCUT2D eigenvalue weighted by atomic mass is 9.50. The maximum absolute atomic E-state index is 14.1. The van der Waals surface area contributed by atoms with Gasteiger partial charge in [-0.3, -0.25) is 9.59 Å². The summed E-state index contributed by atoms with van der Waals surface area (Å²) in [4.78, 5) is 25.1. The molecule has 0 radical (unpaired) electrons. The molecule has 0 aromatic heterocycles. The molecule has 2 fully saturated rings. The number of carbonyl (C=O) groups is 2. The minimum atomic E-state index is -0.762. The zero-order valence-corrected chi connectivity index (χ0v) is 28.8. The third-order valence-corrected chi connectivity index (χ3v) is 12.9. The maximum Gasteiger partial charge on any atom is 0.310 e. The third kappa shape index (κ3) is 7.92. The Balaban J connectivity index is 2.63. The number of hydrogen-bond acceptors (Lipinski definition) is 4. The van der Waals surface area contributed by atoms with Gasteiger partial charge in [-0.05, 0) is 102 Å². The molecule has 6 heteroatoms. The van der Waals surface area contributed by atoms with Crippen LogP contribution in [0.1, 0.15) is 177 Å². The Morgan fingerprint density at radius 3 is 1.17 bits per heavy atom. The molecule has 2 saturated heterocycles. The van der Waals surface area contributed by atoms with Crippen LogP contribution in [0.5, 0.6) is 0 Å². The molecule has 0 spiro atoms. The largest absolute Gasteiger partial charge is 0.481 e. The minimum Gasteiger partial charge on any atom is -0.481 e. The monoisotopic (exact) mass is 593 g/mol. The zero-order chi connectivity index (χ0) is 31.7. The van der Waals surface area contributed by atoms with Crippen LogP contribution in [0, 0.1) is 17.3 Å². The van der Waals surface area contributed by atoms with E-state index in [2.05, 4.69) is 66.0 Å². The Kier molecular flexibility index (Phi) is 13.9. The van der Waals surface area contributed by atoms with Gasteiger partial charge in [0.05, 0.1) is 5.41 Å². The van der Waals surface area contributed by atoms with Crippen LogP contribution >= 0.6 is 0 Å². The average molecular weight is 593 g/mol. The van der Waals surface area contributed by atoms with E-state index in [4.69, 9.17) is 5.11 Å². The highest BCUT2D eigenvalue weighted by Gasteiger charge is 2.60. The van der Waals surface area contributed by atoms with Gasteiger partial charge in [0.25, 0.3) is 0 Å². The van der Waals surface area contributed by atoms with E-state index < -0.39 is 17.4 Å². The summed E-state index contributed by atoms with van der Waals surface area (Å²) < 4.78 is 0. The number of hydrogen-bond donors (Lipinski definition) is 4. The lowest BCUT2D eigenvalue weighted by molar-refractivity contribution is -0.168. The van der Waals surface area contributed by atoms with Crippen LogP contribution in [0.4, 0.5) is 0 Å². The summed E-state index contributed by atoms with van der Waals surface area (Å²) in [6.07, 6.45) is 17.4. The first-order valence-electron chi connectivity index (χ1n) is 17.9. The van der Waals surface area contributed by atoms with Gasteiger partial charge in [0.1, 0.15) is 0 Å². The van der Waals surface area contributed by atoms with Crippen molar-refractivity contribution < 1.29 is 19.8 Å². The Morgan fingerprint density at radius 2 is 0.881 bits per heavy atom. The molecule has 4 N–H and O–H groups in total. The second-order valence-electron chi connectivity index (χ2n) is 14.4. The van der Waals surface area contributed by atoms with E-state index in [0.29, 0.717) is 6.42 Å². The van der Waals surface area contributed by atoms with E-state index in [1.54, 1.807) is 0 Å². The first-order valence-corrected chi connectivity index (χ1v) is 17.9. The van der Waals surface area contributed by atoms with Gasteiger partial charge in [-0.25, -0.2) is 0 Å². The summed E-state index contributed by atoms with van der Waals surface area (Å²) >= 11 is 0. The normalized spacial score (nSPS) is 22.2. The van der Waals surface area contributed by atoms with Gasteiger partial charge >= 0.3 is 11.9 Å². The van der Waals surface area contributed by atoms with Crippen molar-refractivity contribution in [1.29, 1.82) is 0 Å². The van der Waals surface area contributed by atoms with Crippen molar-refractivity contribution in [2.24, 2.45) is 17.3 Å². The maximum atomic E-state index is 14.1. The second kappa shape index (κ2) is 15.7. The van der Waals surface area contributed by atoms with Gasteiger partial charge in [0.2, 0.25) is 0 Å². The van der Waals surface area contributed by atoms with Crippen LogP contribution in [-0.4, -0.2) is 44.3 Å². The quantitative estimate of drug-likeness (QED) is 0.112. The fraction of sp³-hybridized carbons (Fsp3) is 0.944. The molecule has 0 saturated carbocycles. The molecule has 42 heavy (non-hydrogen) atoms. The average Bonchev–Trinajstić information content (AvgIpc) is 3.01. The van der Waals surface area contributed by atoms with Crippen molar-refractivity contribution in [3.63, 3.8) is 0 Å². The van der Waals surface area contributed by atoms with Gasteiger partial charge in [0, 0.05) is 28.6 Å². The smallest absolute Gasteiger partial charge is 0.310 e. The number of rotatable bonds is 19. The molecule has 0 unspecified atom stereocenters. The molecular weight excluding hydrogens is 524 g/mol. The lowest BCUT2D eigenvalue weighted by Crippen LogP contribution is -2.68. The predicted octanol–water partition coefficient (Wildman–Crippen LogP) is 9.11. The van der Waals surface area contributed by atoms with Crippen LogP contribution in [0.25, 0.3) is 0 Å². The Hall–Kier alpha value is -1.14. The topological polar surface area (TPSA) is 98.7 Å². The summed E-state index contributed by atoms with van der Waals surface area (Å²) in [5, 5.41) is 28.9. The number of carboxylic acid groups (broad SMARTS) is 2. The number of unbranched alkanes of at least 4 members (excludes halogenated alkanes) is 4. The standard InChI is InChI=1S/C36H68N2O4/c1-9-32(10-2)24-28(25-33(11-3,12-4)37-32)36(31(41)42,23-21-19-17-18-20-22-30(39)40)29-26-34(13-5,14-6)38-35(15-7,16-8)27-29/h28-29,37-38H,9-27H2,1-8H3,(H,39,40)(H,41,42). The molecule has 0 aliphatic carbocycles. The van der Waals surface area contributed by atoms with Crippen molar-refractivity contribution in [3.05, 3.63) is 0 Å². The summed E-state index contributed by atoms with van der Waals surface area (Å²) in [5.41, 5.74) is -0.879. The van der Waals surface area contributed by atoms with E-state index in [-0.39, 0.29) is 40.4 Å². The highest BCUT2D eigenvalue weighted by atomic mass is 16.4. The van der Waals surface area contributed by atoms with Crippen molar-refractivity contribution >= 4 is 11.9 Å². The SMILES string of the molecule is CCC1(CC)CC(C(CCCCCCCC(=O)O)(C(=O)O)C2CC(CC)(CC)NC(CC)(CC)C2)CC(CC)(CC)N1. The van der Waals surface area contributed by atoms with Gasteiger partial charge in [0.15, 0.2) is 0 Å². The van der Waals surface area contributed by atoms with Crippen LogP contribution in [0.15, 0.2) is 0 Å². The van der Waals surface area contributed by atoms with Crippen LogP contribution in [0.2, 0.25) is 0 Å². The van der Waals surface area contributed by atoms with Crippen LogP contribution in [0.3, 0.4) is 0 Å². The fourth-order valence-corrected chi connectivity index (χ4v) is 9.37. The van der Waals surface area contributed by atoms with Crippen LogP contribution < -0.4 is 10.6 Å². The van der Waals surface area contributed by atoms with Gasteiger partial charge in [-0.15, -0.1) is 0 Å². The first-order chi connectivity index (χ1) is 19.9. The molecular formula is C36H68N2O4. The Bertz CT molecular complexity index is 753. The van der Waals surface area contributed by atoms with Crippen molar-refractivity contribution in [1.82, 2.24) is 10.6 Å². The lowest BCUT2D eigenvalue weighted by Gasteiger charge is -2.61. The summed E-state index contributed by atoms with van der Waals surface area (Å²) in [6.45, 7) is 18.3. The van der Waals surface area contributed by atoms with E-state index in [1.807, 2.05) is 0 Å².